The SMILES string of the molecule is COc1cc([C@@H](N)c2cccs2)ccc1F. The van der Waals surface area contributed by atoms with Gasteiger partial charge in [0, 0.05) is 4.88 Å². The van der Waals surface area contributed by atoms with Crippen molar-refractivity contribution >= 4 is 11.3 Å². The van der Waals surface area contributed by atoms with Crippen LogP contribution in [-0.4, -0.2) is 7.11 Å². The highest BCUT2D eigenvalue weighted by molar-refractivity contribution is 7.10. The van der Waals surface area contributed by atoms with Crippen molar-refractivity contribution < 1.29 is 9.13 Å². The molecular formula is C12H12FNOS. The fraction of sp³-hybridized carbons (Fsp3) is 0.167. The highest BCUT2D eigenvalue weighted by Gasteiger charge is 2.12. The maximum Gasteiger partial charge on any atom is 0.165 e. The third-order valence-electron chi connectivity index (χ3n) is 2.38. The van der Waals surface area contributed by atoms with Gasteiger partial charge in [0.05, 0.1) is 13.2 Å². The van der Waals surface area contributed by atoms with Crippen LogP contribution in [0.25, 0.3) is 0 Å². The highest BCUT2D eigenvalue weighted by atomic mass is 32.1. The molecule has 1 atom stereocenters. The van der Waals surface area contributed by atoms with E-state index in [4.69, 9.17) is 10.5 Å². The van der Waals surface area contributed by atoms with E-state index in [9.17, 15) is 4.39 Å². The zero-order valence-electron chi connectivity index (χ0n) is 8.81. The van der Waals surface area contributed by atoms with Gasteiger partial charge in [0.25, 0.3) is 0 Å². The van der Waals surface area contributed by atoms with Gasteiger partial charge in [-0.05, 0) is 29.1 Å². The fourth-order valence-electron chi connectivity index (χ4n) is 1.50. The molecule has 0 aliphatic carbocycles. The molecule has 2 aromatic rings. The average molecular weight is 237 g/mol. The summed E-state index contributed by atoms with van der Waals surface area (Å²) in [5.74, 6) is -0.144. The standard InChI is InChI=1S/C12H12FNOS/c1-15-10-7-8(4-5-9(10)13)12(14)11-3-2-6-16-11/h2-7,12H,14H2,1H3/t12-/m1/s1. The maximum atomic E-state index is 13.2. The second kappa shape index (κ2) is 4.63. The first-order chi connectivity index (χ1) is 7.72. The number of benzene rings is 1. The third-order valence-corrected chi connectivity index (χ3v) is 3.34. The van der Waals surface area contributed by atoms with Crippen molar-refractivity contribution in [2.24, 2.45) is 5.73 Å². The summed E-state index contributed by atoms with van der Waals surface area (Å²) in [5.41, 5.74) is 6.91. The Labute approximate surface area is 97.5 Å². The lowest BCUT2D eigenvalue weighted by atomic mass is 10.1. The number of ether oxygens (including phenoxy) is 1. The molecule has 1 heterocycles. The lowest BCUT2D eigenvalue weighted by Crippen LogP contribution is -2.10. The van der Waals surface area contributed by atoms with Gasteiger partial charge in [0.1, 0.15) is 0 Å². The van der Waals surface area contributed by atoms with Crippen molar-refractivity contribution in [3.8, 4) is 5.75 Å². The van der Waals surface area contributed by atoms with Crippen molar-refractivity contribution in [2.45, 2.75) is 6.04 Å². The van der Waals surface area contributed by atoms with E-state index in [1.807, 2.05) is 17.5 Å². The van der Waals surface area contributed by atoms with Gasteiger partial charge in [0.15, 0.2) is 11.6 Å². The van der Waals surface area contributed by atoms with Gasteiger partial charge in [-0.15, -0.1) is 11.3 Å². The predicted molar refractivity (Wildman–Crippen MR) is 63.3 cm³/mol. The van der Waals surface area contributed by atoms with E-state index in [1.165, 1.54) is 13.2 Å². The Morgan fingerprint density at radius 1 is 1.38 bits per heavy atom. The third kappa shape index (κ3) is 2.08. The minimum atomic E-state index is -0.371. The van der Waals surface area contributed by atoms with Crippen LogP contribution in [-0.2, 0) is 0 Å². The molecule has 0 radical (unpaired) electrons. The summed E-state index contributed by atoms with van der Waals surface area (Å²) in [4.78, 5) is 1.05. The summed E-state index contributed by atoms with van der Waals surface area (Å²) >= 11 is 1.58. The number of nitrogens with two attached hydrogens (primary N) is 1. The van der Waals surface area contributed by atoms with Crippen molar-refractivity contribution in [1.29, 1.82) is 0 Å². The maximum absolute atomic E-state index is 13.2. The van der Waals surface area contributed by atoms with Crippen LogP contribution in [0.1, 0.15) is 16.5 Å². The Balaban J connectivity index is 2.34. The number of thiophene rings is 1. The van der Waals surface area contributed by atoms with Crippen LogP contribution in [0.15, 0.2) is 35.7 Å². The Morgan fingerprint density at radius 2 is 2.19 bits per heavy atom. The molecule has 0 fully saturated rings. The van der Waals surface area contributed by atoms with Crippen molar-refractivity contribution in [3.63, 3.8) is 0 Å². The molecule has 1 aromatic heterocycles. The van der Waals surface area contributed by atoms with Gasteiger partial charge in [0.2, 0.25) is 0 Å². The van der Waals surface area contributed by atoms with Crippen LogP contribution in [0.2, 0.25) is 0 Å². The summed E-state index contributed by atoms with van der Waals surface area (Å²) in [5, 5.41) is 1.97. The topological polar surface area (TPSA) is 35.2 Å². The van der Waals surface area contributed by atoms with Gasteiger partial charge >= 0.3 is 0 Å². The Morgan fingerprint density at radius 3 is 2.81 bits per heavy atom. The molecule has 0 amide bonds. The lowest BCUT2D eigenvalue weighted by Gasteiger charge is -2.11. The van der Waals surface area contributed by atoms with Crippen LogP contribution in [0.5, 0.6) is 5.75 Å². The highest BCUT2D eigenvalue weighted by Crippen LogP contribution is 2.27. The van der Waals surface area contributed by atoms with E-state index >= 15 is 0 Å². The van der Waals surface area contributed by atoms with E-state index < -0.39 is 0 Å². The zero-order chi connectivity index (χ0) is 11.5. The summed E-state index contributed by atoms with van der Waals surface area (Å²) in [7, 11) is 1.44. The molecule has 84 valence electrons. The molecule has 2 N–H and O–H groups in total. The van der Waals surface area contributed by atoms with Crippen molar-refractivity contribution in [1.82, 2.24) is 0 Å². The van der Waals surface area contributed by atoms with Crippen LogP contribution in [0.4, 0.5) is 4.39 Å². The Hall–Kier alpha value is -1.39. The minimum Gasteiger partial charge on any atom is -0.494 e. The fourth-order valence-corrected chi connectivity index (χ4v) is 2.26. The van der Waals surface area contributed by atoms with E-state index in [-0.39, 0.29) is 17.6 Å². The molecule has 0 aliphatic rings. The quantitative estimate of drug-likeness (QED) is 0.890. The molecule has 0 aliphatic heterocycles. The van der Waals surface area contributed by atoms with E-state index in [2.05, 4.69) is 0 Å². The molecule has 2 nitrogen and oxygen atoms in total. The number of halogens is 1. The normalized spacial score (nSPS) is 12.4. The predicted octanol–water partition coefficient (Wildman–Crippen LogP) is 2.94. The molecule has 0 unspecified atom stereocenters. The summed E-state index contributed by atoms with van der Waals surface area (Å²) in [6, 6.07) is 8.38. The molecular weight excluding hydrogens is 225 g/mol. The lowest BCUT2D eigenvalue weighted by molar-refractivity contribution is 0.385. The number of hydrogen-bond acceptors (Lipinski definition) is 3. The minimum absolute atomic E-state index is 0.226. The molecule has 0 spiro atoms. The van der Waals surface area contributed by atoms with Gasteiger partial charge in [-0.1, -0.05) is 12.1 Å². The molecule has 4 heteroatoms. The summed E-state index contributed by atoms with van der Waals surface area (Å²) in [6.45, 7) is 0. The van der Waals surface area contributed by atoms with Gasteiger partial charge in [-0.25, -0.2) is 4.39 Å². The second-order valence-corrected chi connectivity index (χ2v) is 4.37. The number of hydrogen-bond donors (Lipinski definition) is 1. The largest absolute Gasteiger partial charge is 0.494 e. The first-order valence-corrected chi connectivity index (χ1v) is 5.72. The van der Waals surface area contributed by atoms with Crippen LogP contribution >= 0.6 is 11.3 Å². The molecule has 0 saturated carbocycles. The van der Waals surface area contributed by atoms with Crippen molar-refractivity contribution in [3.05, 3.63) is 52.0 Å². The van der Waals surface area contributed by atoms with Crippen LogP contribution < -0.4 is 10.5 Å². The number of rotatable bonds is 3. The van der Waals surface area contributed by atoms with E-state index in [1.54, 1.807) is 23.5 Å². The molecule has 0 saturated heterocycles. The van der Waals surface area contributed by atoms with Gasteiger partial charge < -0.3 is 10.5 Å². The first kappa shape index (κ1) is 11.1. The Kier molecular flexibility index (Phi) is 3.22. The molecule has 1 aromatic carbocycles. The summed E-state index contributed by atoms with van der Waals surface area (Å²) < 4.78 is 18.1. The molecule has 16 heavy (non-hydrogen) atoms. The number of methoxy groups -OCH3 is 1. The van der Waals surface area contributed by atoms with Gasteiger partial charge in [-0.2, -0.15) is 0 Å². The average Bonchev–Trinajstić information content (AvgIpc) is 2.82. The van der Waals surface area contributed by atoms with E-state index in [0.717, 1.165) is 10.4 Å². The van der Waals surface area contributed by atoms with Gasteiger partial charge in [-0.3, -0.25) is 0 Å². The summed E-state index contributed by atoms with van der Waals surface area (Å²) in [6.07, 6.45) is 0. The van der Waals surface area contributed by atoms with Crippen LogP contribution in [0, 0.1) is 5.82 Å². The zero-order valence-corrected chi connectivity index (χ0v) is 9.63. The second-order valence-electron chi connectivity index (χ2n) is 3.39. The molecule has 0 bridgehead atoms. The van der Waals surface area contributed by atoms with Crippen LogP contribution in [0.3, 0.4) is 0 Å². The monoisotopic (exact) mass is 237 g/mol. The first-order valence-electron chi connectivity index (χ1n) is 4.85. The molecule has 2 rings (SSSR count). The van der Waals surface area contributed by atoms with Crippen molar-refractivity contribution in [2.75, 3.05) is 7.11 Å². The van der Waals surface area contributed by atoms with E-state index in [0.29, 0.717) is 0 Å². The smallest absolute Gasteiger partial charge is 0.165 e. The Bertz CT molecular complexity index is 470.